The van der Waals surface area contributed by atoms with Crippen molar-refractivity contribution < 1.29 is 9.59 Å². The first kappa shape index (κ1) is 14.8. The van der Waals surface area contributed by atoms with Crippen LogP contribution in [0.5, 0.6) is 0 Å². The number of primary amides is 1. The van der Waals surface area contributed by atoms with Crippen molar-refractivity contribution in [2.24, 2.45) is 5.73 Å². The van der Waals surface area contributed by atoms with Crippen molar-refractivity contribution in [3.63, 3.8) is 0 Å². The Morgan fingerprint density at radius 1 is 1.32 bits per heavy atom. The molecule has 0 aliphatic carbocycles. The molecule has 6 nitrogen and oxygen atoms in total. The molecule has 0 saturated carbocycles. The molecule has 6 N–H and O–H groups in total. The molecular formula is C13H20N4O2. The first-order valence-electron chi connectivity index (χ1n) is 6.12. The zero-order valence-electron chi connectivity index (χ0n) is 11.2. The molecule has 104 valence electrons. The number of rotatable bonds is 6. The molecule has 0 heterocycles. The smallest absolute Gasteiger partial charge is 0.248 e. The van der Waals surface area contributed by atoms with Crippen LogP contribution in [0.4, 0.5) is 11.4 Å². The Kier molecular flexibility index (Phi) is 5.17. The van der Waals surface area contributed by atoms with Gasteiger partial charge in [-0.15, -0.1) is 0 Å². The molecular weight excluding hydrogens is 244 g/mol. The van der Waals surface area contributed by atoms with Gasteiger partial charge in [-0.3, -0.25) is 9.59 Å². The highest BCUT2D eigenvalue weighted by molar-refractivity contribution is 5.95. The normalized spacial score (nSPS) is 10.3. The summed E-state index contributed by atoms with van der Waals surface area (Å²) in [4.78, 5) is 22.5. The van der Waals surface area contributed by atoms with Gasteiger partial charge in [0.2, 0.25) is 11.8 Å². The highest BCUT2D eigenvalue weighted by atomic mass is 16.2. The summed E-state index contributed by atoms with van der Waals surface area (Å²) in [6.07, 6.45) is 0.332. The molecule has 0 fully saturated rings. The summed E-state index contributed by atoms with van der Waals surface area (Å²) in [5.41, 5.74) is 12.5. The van der Waals surface area contributed by atoms with Crippen molar-refractivity contribution in [3.8, 4) is 0 Å². The molecule has 2 amide bonds. The molecule has 0 saturated heterocycles. The van der Waals surface area contributed by atoms with E-state index < -0.39 is 5.91 Å². The van der Waals surface area contributed by atoms with E-state index in [4.69, 9.17) is 11.5 Å². The summed E-state index contributed by atoms with van der Waals surface area (Å²) in [5, 5.41) is 5.81. The van der Waals surface area contributed by atoms with E-state index in [0.29, 0.717) is 29.9 Å². The highest BCUT2D eigenvalue weighted by Gasteiger charge is 2.06. The molecule has 1 aromatic carbocycles. The summed E-state index contributed by atoms with van der Waals surface area (Å²) in [5.74, 6) is -0.548. The van der Waals surface area contributed by atoms with Crippen LogP contribution in [0.3, 0.4) is 0 Å². The quantitative estimate of drug-likeness (QED) is 0.567. The molecule has 0 spiro atoms. The minimum absolute atomic E-state index is 0.0351. The van der Waals surface area contributed by atoms with E-state index >= 15 is 0 Å². The number of carbonyl (C=O) groups excluding carboxylic acids is 2. The van der Waals surface area contributed by atoms with Crippen molar-refractivity contribution in [1.82, 2.24) is 5.32 Å². The lowest BCUT2D eigenvalue weighted by atomic mass is 10.1. The minimum Gasteiger partial charge on any atom is -0.397 e. The zero-order chi connectivity index (χ0) is 14.4. The Balaban J connectivity index is 2.55. The first-order valence-corrected chi connectivity index (χ1v) is 6.12. The number of hydrogen-bond donors (Lipinski definition) is 4. The second-order valence-electron chi connectivity index (χ2n) is 4.57. The van der Waals surface area contributed by atoms with E-state index in [1.54, 1.807) is 18.2 Å². The van der Waals surface area contributed by atoms with Gasteiger partial charge in [-0.25, -0.2) is 0 Å². The second-order valence-corrected chi connectivity index (χ2v) is 4.57. The predicted octanol–water partition coefficient (Wildman–Crippen LogP) is 0.694. The van der Waals surface area contributed by atoms with Crippen LogP contribution in [-0.4, -0.2) is 24.4 Å². The number of nitrogens with one attached hydrogen (secondary N) is 2. The van der Waals surface area contributed by atoms with Gasteiger partial charge in [-0.05, 0) is 32.0 Å². The van der Waals surface area contributed by atoms with E-state index in [-0.39, 0.29) is 11.9 Å². The van der Waals surface area contributed by atoms with Gasteiger partial charge in [0.05, 0.1) is 11.4 Å². The molecule has 1 rings (SSSR count). The number of anilines is 2. The molecule has 19 heavy (non-hydrogen) atoms. The Bertz CT molecular complexity index is 472. The Morgan fingerprint density at radius 3 is 2.58 bits per heavy atom. The lowest BCUT2D eigenvalue weighted by molar-refractivity contribution is -0.121. The standard InChI is InChI=1S/C13H20N4O2/c1-8(2)17-12(18)5-6-16-11-7-9(13(15)19)3-4-10(11)14/h3-4,7-8,16H,5-6,14H2,1-2H3,(H2,15,19)(H,17,18). The van der Waals surface area contributed by atoms with Crippen LogP contribution >= 0.6 is 0 Å². The van der Waals surface area contributed by atoms with Crippen LogP contribution in [0.15, 0.2) is 18.2 Å². The monoisotopic (exact) mass is 264 g/mol. The van der Waals surface area contributed by atoms with Crippen molar-refractivity contribution in [2.75, 3.05) is 17.6 Å². The fraction of sp³-hybridized carbons (Fsp3) is 0.385. The fourth-order valence-electron chi connectivity index (χ4n) is 1.57. The topological polar surface area (TPSA) is 110 Å². The molecule has 6 heteroatoms. The number of carbonyl (C=O) groups is 2. The second kappa shape index (κ2) is 6.63. The van der Waals surface area contributed by atoms with E-state index in [9.17, 15) is 9.59 Å². The van der Waals surface area contributed by atoms with Gasteiger partial charge >= 0.3 is 0 Å². The van der Waals surface area contributed by atoms with E-state index in [2.05, 4.69) is 10.6 Å². The summed E-state index contributed by atoms with van der Waals surface area (Å²) < 4.78 is 0. The number of amides is 2. The maximum atomic E-state index is 11.4. The van der Waals surface area contributed by atoms with E-state index in [1.807, 2.05) is 13.8 Å². The van der Waals surface area contributed by atoms with Crippen LogP contribution in [-0.2, 0) is 4.79 Å². The van der Waals surface area contributed by atoms with E-state index in [1.165, 1.54) is 0 Å². The van der Waals surface area contributed by atoms with Crippen LogP contribution in [0, 0.1) is 0 Å². The largest absolute Gasteiger partial charge is 0.397 e. The Morgan fingerprint density at radius 2 is 2.00 bits per heavy atom. The third-order valence-corrected chi connectivity index (χ3v) is 2.45. The number of hydrogen-bond acceptors (Lipinski definition) is 4. The van der Waals surface area contributed by atoms with Gasteiger partial charge in [-0.1, -0.05) is 0 Å². The van der Waals surface area contributed by atoms with Crippen molar-refractivity contribution in [1.29, 1.82) is 0 Å². The van der Waals surface area contributed by atoms with E-state index in [0.717, 1.165) is 0 Å². The summed E-state index contributed by atoms with van der Waals surface area (Å²) in [7, 11) is 0. The van der Waals surface area contributed by atoms with Crippen LogP contribution in [0.2, 0.25) is 0 Å². The van der Waals surface area contributed by atoms with Crippen molar-refractivity contribution >= 4 is 23.2 Å². The molecule has 0 aliphatic heterocycles. The lowest BCUT2D eigenvalue weighted by Crippen LogP contribution is -2.31. The van der Waals surface area contributed by atoms with Crippen molar-refractivity contribution in [3.05, 3.63) is 23.8 Å². The van der Waals surface area contributed by atoms with Gasteiger partial charge in [0, 0.05) is 24.6 Å². The van der Waals surface area contributed by atoms with Gasteiger partial charge in [0.15, 0.2) is 0 Å². The molecule has 0 atom stereocenters. The average molecular weight is 264 g/mol. The van der Waals surface area contributed by atoms with Gasteiger partial charge in [0.25, 0.3) is 0 Å². The predicted molar refractivity (Wildman–Crippen MR) is 75.8 cm³/mol. The molecule has 0 aromatic heterocycles. The minimum atomic E-state index is -0.513. The van der Waals surface area contributed by atoms with Crippen LogP contribution in [0.25, 0.3) is 0 Å². The average Bonchev–Trinajstić information content (AvgIpc) is 2.30. The SMILES string of the molecule is CC(C)NC(=O)CCNc1cc(C(N)=O)ccc1N. The fourth-order valence-corrected chi connectivity index (χ4v) is 1.57. The van der Waals surface area contributed by atoms with Gasteiger partial charge in [-0.2, -0.15) is 0 Å². The molecule has 0 bridgehead atoms. The number of benzene rings is 1. The maximum absolute atomic E-state index is 11.4. The number of nitrogens with two attached hydrogens (primary N) is 2. The van der Waals surface area contributed by atoms with Crippen LogP contribution < -0.4 is 22.1 Å². The maximum Gasteiger partial charge on any atom is 0.248 e. The van der Waals surface area contributed by atoms with Gasteiger partial charge in [0.1, 0.15) is 0 Å². The van der Waals surface area contributed by atoms with Gasteiger partial charge < -0.3 is 22.1 Å². The molecule has 1 aromatic rings. The molecule has 0 unspecified atom stereocenters. The lowest BCUT2D eigenvalue weighted by Gasteiger charge is -2.11. The first-order chi connectivity index (χ1) is 8.90. The molecule has 0 aliphatic rings. The Labute approximate surface area is 112 Å². The summed E-state index contributed by atoms with van der Waals surface area (Å²) in [6.45, 7) is 4.24. The van der Waals surface area contributed by atoms with Crippen molar-refractivity contribution in [2.45, 2.75) is 26.3 Å². The number of nitrogen functional groups attached to an aromatic ring is 1. The van der Waals surface area contributed by atoms with Crippen LogP contribution in [0.1, 0.15) is 30.6 Å². The summed E-state index contributed by atoms with van der Waals surface area (Å²) >= 11 is 0. The molecule has 0 radical (unpaired) electrons. The summed E-state index contributed by atoms with van der Waals surface area (Å²) in [6, 6.07) is 4.87. The third-order valence-electron chi connectivity index (χ3n) is 2.45. The third kappa shape index (κ3) is 4.87. The highest BCUT2D eigenvalue weighted by Crippen LogP contribution is 2.19. The zero-order valence-corrected chi connectivity index (χ0v) is 11.2. The Hall–Kier alpha value is -2.24.